The Balaban J connectivity index is 2.23. The van der Waals surface area contributed by atoms with Crippen molar-refractivity contribution >= 4 is 11.6 Å². The second-order valence-corrected chi connectivity index (χ2v) is 5.40. The van der Waals surface area contributed by atoms with E-state index in [9.17, 15) is 4.79 Å². The van der Waals surface area contributed by atoms with Crippen molar-refractivity contribution in [3.05, 3.63) is 66.2 Å². The van der Waals surface area contributed by atoms with Crippen LogP contribution in [0.3, 0.4) is 0 Å². The molecule has 0 saturated carbocycles. The highest BCUT2D eigenvalue weighted by atomic mass is 16.2. The van der Waals surface area contributed by atoms with E-state index in [2.05, 4.69) is 26.0 Å². The first-order valence-corrected chi connectivity index (χ1v) is 7.06. The monoisotopic (exact) mass is 267 g/mol. The lowest BCUT2D eigenvalue weighted by molar-refractivity contribution is -0.119. The van der Waals surface area contributed by atoms with E-state index in [-0.39, 0.29) is 5.91 Å². The molecule has 2 aromatic rings. The van der Waals surface area contributed by atoms with Gasteiger partial charge in [-0.3, -0.25) is 4.79 Å². The molecule has 0 aliphatic rings. The van der Waals surface area contributed by atoms with Crippen LogP contribution in [0.4, 0.5) is 5.69 Å². The third-order valence-corrected chi connectivity index (χ3v) is 3.14. The number of para-hydroxylation sites is 1. The van der Waals surface area contributed by atoms with E-state index < -0.39 is 0 Å². The van der Waals surface area contributed by atoms with E-state index >= 15 is 0 Å². The summed E-state index contributed by atoms with van der Waals surface area (Å²) in [5, 5.41) is 0. The van der Waals surface area contributed by atoms with Crippen molar-refractivity contribution in [2.75, 3.05) is 4.90 Å². The third-order valence-electron chi connectivity index (χ3n) is 3.14. The van der Waals surface area contributed by atoms with Crippen molar-refractivity contribution in [3.63, 3.8) is 0 Å². The standard InChI is InChI=1S/C18H21NO/c1-15(2)13-18(20)19(17-11-7-4-8-12-17)14-16-9-5-3-6-10-16/h3-12,15H,13-14H2,1-2H3. The molecule has 0 bridgehead atoms. The van der Waals surface area contributed by atoms with Gasteiger partial charge in [0.05, 0.1) is 6.54 Å². The highest BCUT2D eigenvalue weighted by Gasteiger charge is 2.16. The van der Waals surface area contributed by atoms with Gasteiger partial charge in [-0.25, -0.2) is 0 Å². The lowest BCUT2D eigenvalue weighted by Crippen LogP contribution is -2.31. The zero-order valence-electron chi connectivity index (χ0n) is 12.1. The van der Waals surface area contributed by atoms with Crippen LogP contribution >= 0.6 is 0 Å². The summed E-state index contributed by atoms with van der Waals surface area (Å²) in [6.07, 6.45) is 0.571. The van der Waals surface area contributed by atoms with E-state index in [1.54, 1.807) is 0 Å². The Morgan fingerprint density at radius 3 is 2.05 bits per heavy atom. The first kappa shape index (κ1) is 14.3. The minimum Gasteiger partial charge on any atom is -0.308 e. The van der Waals surface area contributed by atoms with E-state index in [1.165, 1.54) is 0 Å². The van der Waals surface area contributed by atoms with Gasteiger partial charge in [-0.15, -0.1) is 0 Å². The molecular formula is C18H21NO. The summed E-state index contributed by atoms with van der Waals surface area (Å²) in [4.78, 5) is 14.4. The van der Waals surface area contributed by atoms with Crippen LogP contribution < -0.4 is 4.90 Å². The smallest absolute Gasteiger partial charge is 0.227 e. The number of benzene rings is 2. The summed E-state index contributed by atoms with van der Waals surface area (Å²) in [7, 11) is 0. The maximum Gasteiger partial charge on any atom is 0.227 e. The number of amides is 1. The molecule has 0 unspecified atom stereocenters. The Morgan fingerprint density at radius 1 is 0.950 bits per heavy atom. The van der Waals surface area contributed by atoms with Gasteiger partial charge in [-0.2, -0.15) is 0 Å². The van der Waals surface area contributed by atoms with E-state index in [1.807, 2.05) is 53.4 Å². The van der Waals surface area contributed by atoms with Crippen LogP contribution in [-0.4, -0.2) is 5.91 Å². The summed E-state index contributed by atoms with van der Waals surface area (Å²) < 4.78 is 0. The van der Waals surface area contributed by atoms with Crippen molar-refractivity contribution in [1.29, 1.82) is 0 Å². The van der Waals surface area contributed by atoms with E-state index in [4.69, 9.17) is 0 Å². The van der Waals surface area contributed by atoms with Crippen LogP contribution in [-0.2, 0) is 11.3 Å². The van der Waals surface area contributed by atoms with Crippen molar-refractivity contribution in [2.24, 2.45) is 5.92 Å². The van der Waals surface area contributed by atoms with Gasteiger partial charge in [-0.1, -0.05) is 62.4 Å². The molecule has 0 aromatic heterocycles. The number of carbonyl (C=O) groups is 1. The second kappa shape index (κ2) is 6.90. The van der Waals surface area contributed by atoms with Gasteiger partial charge in [-0.05, 0) is 23.6 Å². The largest absolute Gasteiger partial charge is 0.308 e. The Hall–Kier alpha value is -2.09. The van der Waals surface area contributed by atoms with Gasteiger partial charge < -0.3 is 4.90 Å². The molecule has 0 spiro atoms. The molecule has 0 N–H and O–H groups in total. The first-order chi connectivity index (χ1) is 9.66. The molecule has 2 heteroatoms. The van der Waals surface area contributed by atoms with E-state index in [0.717, 1.165) is 11.3 Å². The topological polar surface area (TPSA) is 20.3 Å². The highest BCUT2D eigenvalue weighted by Crippen LogP contribution is 2.19. The minimum absolute atomic E-state index is 0.176. The molecule has 0 fully saturated rings. The first-order valence-electron chi connectivity index (χ1n) is 7.06. The molecule has 0 aliphatic carbocycles. The number of anilines is 1. The van der Waals surface area contributed by atoms with Gasteiger partial charge in [0.1, 0.15) is 0 Å². The second-order valence-electron chi connectivity index (χ2n) is 5.40. The average Bonchev–Trinajstić information content (AvgIpc) is 2.46. The van der Waals surface area contributed by atoms with Crippen molar-refractivity contribution in [3.8, 4) is 0 Å². The lowest BCUT2D eigenvalue weighted by Gasteiger charge is -2.24. The molecule has 20 heavy (non-hydrogen) atoms. The number of carbonyl (C=O) groups excluding carboxylic acids is 1. The predicted molar refractivity (Wildman–Crippen MR) is 83.5 cm³/mol. The molecule has 0 saturated heterocycles. The van der Waals surface area contributed by atoms with Crippen LogP contribution in [0.25, 0.3) is 0 Å². The summed E-state index contributed by atoms with van der Waals surface area (Å²) >= 11 is 0. The molecule has 0 atom stereocenters. The molecule has 2 aromatic carbocycles. The summed E-state index contributed by atoms with van der Waals surface area (Å²) in [6, 6.07) is 20.0. The summed E-state index contributed by atoms with van der Waals surface area (Å²) in [5.74, 6) is 0.541. The third kappa shape index (κ3) is 3.95. The molecule has 2 rings (SSSR count). The van der Waals surface area contributed by atoms with Gasteiger partial charge in [0.15, 0.2) is 0 Å². The average molecular weight is 267 g/mol. The number of nitrogens with zero attached hydrogens (tertiary/aromatic N) is 1. The Labute approximate surface area is 121 Å². The normalized spacial score (nSPS) is 10.6. The number of hydrogen-bond acceptors (Lipinski definition) is 1. The molecule has 104 valence electrons. The van der Waals surface area contributed by atoms with Gasteiger partial charge in [0.2, 0.25) is 5.91 Å². The number of rotatable bonds is 5. The fourth-order valence-corrected chi connectivity index (χ4v) is 2.16. The van der Waals surface area contributed by atoms with E-state index in [0.29, 0.717) is 18.9 Å². The van der Waals surface area contributed by atoms with Crippen molar-refractivity contribution < 1.29 is 4.79 Å². The van der Waals surface area contributed by atoms with Crippen LogP contribution in [0, 0.1) is 5.92 Å². The molecule has 1 amide bonds. The lowest BCUT2D eigenvalue weighted by atomic mass is 10.1. The van der Waals surface area contributed by atoms with Crippen LogP contribution in [0.5, 0.6) is 0 Å². The maximum atomic E-state index is 12.5. The van der Waals surface area contributed by atoms with Gasteiger partial charge >= 0.3 is 0 Å². The zero-order valence-corrected chi connectivity index (χ0v) is 12.1. The Kier molecular flexibility index (Phi) is 4.94. The molecule has 0 radical (unpaired) electrons. The minimum atomic E-state index is 0.176. The molecule has 2 nitrogen and oxygen atoms in total. The highest BCUT2D eigenvalue weighted by molar-refractivity contribution is 5.93. The van der Waals surface area contributed by atoms with Gasteiger partial charge in [0.25, 0.3) is 0 Å². The maximum absolute atomic E-state index is 12.5. The zero-order chi connectivity index (χ0) is 14.4. The Bertz CT molecular complexity index is 534. The van der Waals surface area contributed by atoms with Crippen LogP contribution in [0.15, 0.2) is 60.7 Å². The van der Waals surface area contributed by atoms with Crippen molar-refractivity contribution in [1.82, 2.24) is 0 Å². The van der Waals surface area contributed by atoms with Crippen LogP contribution in [0.1, 0.15) is 25.8 Å². The molecular weight excluding hydrogens is 246 g/mol. The SMILES string of the molecule is CC(C)CC(=O)N(Cc1ccccc1)c1ccccc1. The Morgan fingerprint density at radius 2 is 1.50 bits per heavy atom. The van der Waals surface area contributed by atoms with Crippen molar-refractivity contribution in [2.45, 2.75) is 26.8 Å². The molecule has 0 heterocycles. The molecule has 0 aliphatic heterocycles. The quantitative estimate of drug-likeness (QED) is 0.792. The van der Waals surface area contributed by atoms with Crippen LogP contribution in [0.2, 0.25) is 0 Å². The fourth-order valence-electron chi connectivity index (χ4n) is 2.16. The number of hydrogen-bond donors (Lipinski definition) is 0. The fraction of sp³-hybridized carbons (Fsp3) is 0.278. The summed E-state index contributed by atoms with van der Waals surface area (Å²) in [6.45, 7) is 4.77. The predicted octanol–water partition coefficient (Wildman–Crippen LogP) is 4.27. The summed E-state index contributed by atoms with van der Waals surface area (Å²) in [5.41, 5.74) is 2.11. The van der Waals surface area contributed by atoms with Gasteiger partial charge in [0, 0.05) is 12.1 Å².